The second-order valence-electron chi connectivity index (χ2n) is 3.83. The normalized spacial score (nSPS) is 17.5. The molecule has 0 amide bonds. The second kappa shape index (κ2) is 3.14. The molecule has 1 aromatic rings. The minimum Gasteiger partial charge on any atom is -0.300 e. The van der Waals surface area contributed by atoms with Crippen LogP contribution in [-0.4, -0.2) is 11.5 Å². The third-order valence-electron chi connectivity index (χ3n) is 2.86. The van der Waals surface area contributed by atoms with Crippen molar-refractivity contribution in [2.24, 2.45) is 0 Å². The molecule has 0 saturated heterocycles. The number of carbonyl (C=O) groups is 1. The van der Waals surface area contributed by atoms with Crippen molar-refractivity contribution in [1.29, 1.82) is 5.41 Å². The van der Waals surface area contributed by atoms with Crippen molar-refractivity contribution in [3.8, 4) is 0 Å². The first-order valence-corrected chi connectivity index (χ1v) is 5.10. The molecule has 0 unspecified atom stereocenters. The molecule has 0 fully saturated rings. The quantitative estimate of drug-likeness (QED) is 0.698. The summed E-state index contributed by atoms with van der Waals surface area (Å²) in [6.45, 7) is 0. The average Bonchev–Trinajstić information content (AvgIpc) is 2.31. The molecule has 0 aliphatic heterocycles. The number of hydrogen-bond acceptors (Lipinski definition) is 2. The maximum atomic E-state index is 12.2. The molecule has 0 heterocycles. The second-order valence-corrected chi connectivity index (χ2v) is 3.83. The lowest BCUT2D eigenvalue weighted by atomic mass is 9.83. The summed E-state index contributed by atoms with van der Waals surface area (Å²) in [4.78, 5) is 12.2. The molecule has 3 rings (SSSR count). The van der Waals surface area contributed by atoms with Crippen LogP contribution in [0.3, 0.4) is 0 Å². The number of hydrogen-bond donors (Lipinski definition) is 1. The molecule has 1 N–H and O–H groups in total. The first-order chi connectivity index (χ1) is 7.77. The maximum absolute atomic E-state index is 12.2. The first-order valence-electron chi connectivity index (χ1n) is 5.10. The number of rotatable bonds is 0. The fraction of sp³-hybridized carbons (Fsp3) is 0. The zero-order valence-electron chi connectivity index (χ0n) is 8.53. The molecule has 0 aromatic heterocycles. The Morgan fingerprint density at radius 1 is 1.06 bits per heavy atom. The van der Waals surface area contributed by atoms with Crippen molar-refractivity contribution in [1.82, 2.24) is 0 Å². The van der Waals surface area contributed by atoms with Gasteiger partial charge in [-0.3, -0.25) is 4.79 Å². The van der Waals surface area contributed by atoms with Crippen LogP contribution in [0.2, 0.25) is 0 Å². The number of nitrogens with one attached hydrogen (secondary N) is 1. The Morgan fingerprint density at radius 3 is 2.75 bits per heavy atom. The van der Waals surface area contributed by atoms with E-state index in [1.807, 2.05) is 30.3 Å². The molecule has 2 nitrogen and oxygen atoms in total. The number of benzene rings is 1. The predicted molar refractivity (Wildman–Crippen MR) is 63.7 cm³/mol. The van der Waals surface area contributed by atoms with Crippen molar-refractivity contribution >= 4 is 17.6 Å². The van der Waals surface area contributed by atoms with Gasteiger partial charge in [0.25, 0.3) is 0 Å². The molecule has 76 valence electrons. The van der Waals surface area contributed by atoms with Crippen LogP contribution in [0.1, 0.15) is 15.9 Å². The molecule has 1 aromatic carbocycles. The van der Waals surface area contributed by atoms with Gasteiger partial charge in [-0.1, -0.05) is 36.4 Å². The number of fused-ring (bicyclic) bond motifs is 2. The summed E-state index contributed by atoms with van der Waals surface area (Å²) in [7, 11) is 0. The van der Waals surface area contributed by atoms with Gasteiger partial charge in [0.1, 0.15) is 0 Å². The van der Waals surface area contributed by atoms with E-state index in [0.717, 1.165) is 16.7 Å². The van der Waals surface area contributed by atoms with Crippen LogP contribution in [0.4, 0.5) is 0 Å². The van der Waals surface area contributed by atoms with Crippen LogP contribution in [0.25, 0.3) is 6.08 Å². The molecule has 0 saturated carbocycles. The molecule has 0 radical (unpaired) electrons. The lowest BCUT2D eigenvalue weighted by Gasteiger charge is -2.19. The van der Waals surface area contributed by atoms with Crippen LogP contribution in [-0.2, 0) is 0 Å². The van der Waals surface area contributed by atoms with Gasteiger partial charge in [0.2, 0.25) is 0 Å². The summed E-state index contributed by atoms with van der Waals surface area (Å²) in [6.07, 6.45) is 7.15. The molecule has 2 aliphatic carbocycles. The van der Waals surface area contributed by atoms with Crippen LogP contribution in [0.5, 0.6) is 0 Å². The Bertz CT molecular complexity index is 603. The molecule has 2 aliphatic rings. The topological polar surface area (TPSA) is 40.9 Å². The van der Waals surface area contributed by atoms with E-state index in [1.165, 1.54) is 0 Å². The fourth-order valence-electron chi connectivity index (χ4n) is 2.05. The number of carbonyl (C=O) groups excluding carboxylic acids is 1. The summed E-state index contributed by atoms with van der Waals surface area (Å²) in [6, 6.07) is 7.50. The van der Waals surface area contributed by atoms with Gasteiger partial charge in [0, 0.05) is 16.7 Å². The number of Topliss-reactive ketones (excluding diaryl/α,β-unsaturated/α-hetero) is 1. The maximum Gasteiger partial charge on any atom is 0.194 e. The molecule has 16 heavy (non-hydrogen) atoms. The Kier molecular flexibility index (Phi) is 1.77. The van der Waals surface area contributed by atoms with E-state index in [-0.39, 0.29) is 5.78 Å². The van der Waals surface area contributed by atoms with Crippen LogP contribution in [0.15, 0.2) is 53.6 Å². The van der Waals surface area contributed by atoms with E-state index >= 15 is 0 Å². The summed E-state index contributed by atoms with van der Waals surface area (Å²) in [5.41, 5.74) is 3.39. The summed E-state index contributed by atoms with van der Waals surface area (Å²) >= 11 is 0. The van der Waals surface area contributed by atoms with Gasteiger partial charge in [-0.2, -0.15) is 0 Å². The van der Waals surface area contributed by atoms with Crippen molar-refractivity contribution in [3.63, 3.8) is 0 Å². The Labute approximate surface area is 93.1 Å². The molecular formula is C14H9NO. The highest BCUT2D eigenvalue weighted by Crippen LogP contribution is 2.30. The summed E-state index contributed by atoms with van der Waals surface area (Å²) in [5.74, 6) is 0.0159. The van der Waals surface area contributed by atoms with Crippen LogP contribution in [0, 0.1) is 5.41 Å². The average molecular weight is 207 g/mol. The highest BCUT2D eigenvalue weighted by atomic mass is 16.1. The van der Waals surface area contributed by atoms with Gasteiger partial charge >= 0.3 is 0 Å². The number of ketones is 1. The Balaban J connectivity index is 2.30. The van der Waals surface area contributed by atoms with Crippen molar-refractivity contribution in [3.05, 3.63) is 64.8 Å². The van der Waals surface area contributed by atoms with Gasteiger partial charge in [-0.05, 0) is 17.7 Å². The van der Waals surface area contributed by atoms with Crippen molar-refractivity contribution < 1.29 is 4.79 Å². The molecule has 0 bridgehead atoms. The van der Waals surface area contributed by atoms with Crippen LogP contribution < -0.4 is 0 Å². The van der Waals surface area contributed by atoms with Gasteiger partial charge in [0.05, 0.1) is 5.71 Å². The van der Waals surface area contributed by atoms with E-state index in [9.17, 15) is 4.79 Å². The van der Waals surface area contributed by atoms with E-state index in [0.29, 0.717) is 11.3 Å². The summed E-state index contributed by atoms with van der Waals surface area (Å²) < 4.78 is 0. The Morgan fingerprint density at radius 2 is 1.88 bits per heavy atom. The van der Waals surface area contributed by atoms with Gasteiger partial charge in [0.15, 0.2) is 5.78 Å². The lowest BCUT2D eigenvalue weighted by Crippen LogP contribution is -2.17. The number of allylic oxidation sites excluding steroid dienone is 5. The largest absolute Gasteiger partial charge is 0.300 e. The van der Waals surface area contributed by atoms with E-state index in [4.69, 9.17) is 5.41 Å². The molecule has 0 atom stereocenters. The van der Waals surface area contributed by atoms with E-state index in [2.05, 4.69) is 0 Å². The zero-order valence-corrected chi connectivity index (χ0v) is 8.53. The van der Waals surface area contributed by atoms with E-state index < -0.39 is 0 Å². The fourth-order valence-corrected chi connectivity index (χ4v) is 2.05. The smallest absolute Gasteiger partial charge is 0.194 e. The highest BCUT2D eigenvalue weighted by Gasteiger charge is 2.25. The minimum atomic E-state index is 0.0159. The molecule has 0 spiro atoms. The summed E-state index contributed by atoms with van der Waals surface area (Å²) in [5, 5.41) is 7.80. The predicted octanol–water partition coefficient (Wildman–Crippen LogP) is 2.78. The van der Waals surface area contributed by atoms with Crippen molar-refractivity contribution in [2.75, 3.05) is 0 Å². The molecular weight excluding hydrogens is 198 g/mol. The SMILES string of the molecule is N=C1C=CC=C2C(=O)c3ccccc3C=C12. The zero-order chi connectivity index (χ0) is 11.1. The highest BCUT2D eigenvalue weighted by molar-refractivity contribution is 6.28. The lowest BCUT2D eigenvalue weighted by molar-refractivity contribution is 0.103. The third kappa shape index (κ3) is 1.13. The van der Waals surface area contributed by atoms with Gasteiger partial charge < -0.3 is 5.41 Å². The van der Waals surface area contributed by atoms with Crippen LogP contribution >= 0.6 is 0 Å². The third-order valence-corrected chi connectivity index (χ3v) is 2.86. The monoisotopic (exact) mass is 207 g/mol. The standard InChI is InChI=1S/C14H9NO/c15-13-7-3-6-11-12(13)8-9-4-1-2-5-10(9)14(11)16/h1-8,15H. The molecule has 2 heteroatoms. The Hall–Kier alpha value is -2.22. The van der Waals surface area contributed by atoms with Gasteiger partial charge in [-0.25, -0.2) is 0 Å². The first kappa shape index (κ1) is 9.04. The van der Waals surface area contributed by atoms with E-state index in [1.54, 1.807) is 18.2 Å². The van der Waals surface area contributed by atoms with Crippen molar-refractivity contribution in [2.45, 2.75) is 0 Å². The van der Waals surface area contributed by atoms with Gasteiger partial charge in [-0.15, -0.1) is 0 Å². The minimum absolute atomic E-state index is 0.0159.